The maximum absolute atomic E-state index is 8.68. The summed E-state index contributed by atoms with van der Waals surface area (Å²) in [4.78, 5) is 0. The van der Waals surface area contributed by atoms with E-state index in [0.717, 1.165) is 21.9 Å². The van der Waals surface area contributed by atoms with E-state index in [4.69, 9.17) is 5.26 Å². The van der Waals surface area contributed by atoms with Gasteiger partial charge in [0.1, 0.15) is 7.85 Å². The summed E-state index contributed by atoms with van der Waals surface area (Å²) in [5.41, 5.74) is 1.87. The summed E-state index contributed by atoms with van der Waals surface area (Å²) in [5.74, 6) is 0. The van der Waals surface area contributed by atoms with Gasteiger partial charge in [0.05, 0.1) is 11.6 Å². The Bertz CT molecular complexity index is 303. The van der Waals surface area contributed by atoms with Gasteiger partial charge in [-0.1, -0.05) is 22.3 Å². The van der Waals surface area contributed by atoms with Crippen LogP contribution in [0.2, 0.25) is 0 Å². The minimum absolute atomic E-state index is 0.774. The predicted molar refractivity (Wildman–Crippen MR) is 51.1 cm³/mol. The molecule has 0 aromatic heterocycles. The highest BCUT2D eigenvalue weighted by atomic mass is 79.9. The maximum atomic E-state index is 8.68. The highest BCUT2D eigenvalue weighted by molar-refractivity contribution is 9.10. The van der Waals surface area contributed by atoms with Gasteiger partial charge in [0.15, 0.2) is 0 Å². The van der Waals surface area contributed by atoms with Gasteiger partial charge < -0.3 is 0 Å². The number of benzene rings is 1. The second kappa shape index (κ2) is 3.59. The molecule has 0 bridgehead atoms. The van der Waals surface area contributed by atoms with Crippen molar-refractivity contribution in [2.75, 3.05) is 0 Å². The molecule has 0 fully saturated rings. The first-order valence-electron chi connectivity index (χ1n) is 3.46. The third-order valence-corrected chi connectivity index (χ3v) is 2.06. The van der Waals surface area contributed by atoms with Gasteiger partial charge in [0, 0.05) is 4.47 Å². The number of hydrogen-bond acceptors (Lipinski definition) is 1. The second-order valence-corrected chi connectivity index (χ2v) is 3.18. The van der Waals surface area contributed by atoms with E-state index in [1.54, 1.807) is 0 Å². The lowest BCUT2D eigenvalue weighted by Crippen LogP contribution is -1.88. The highest BCUT2D eigenvalue weighted by Gasteiger charge is 1.98. The minimum atomic E-state index is 0.774. The van der Waals surface area contributed by atoms with E-state index >= 15 is 0 Å². The molecule has 0 aliphatic carbocycles. The van der Waals surface area contributed by atoms with Gasteiger partial charge in [0.25, 0.3) is 0 Å². The summed E-state index contributed by atoms with van der Waals surface area (Å²) >= 11 is 3.36. The smallest absolute Gasteiger partial charge is 0.107 e. The Labute approximate surface area is 75.6 Å². The lowest BCUT2D eigenvalue weighted by molar-refractivity contribution is 1.34. The Morgan fingerprint density at radius 3 is 2.82 bits per heavy atom. The van der Waals surface area contributed by atoms with Gasteiger partial charge in [0.2, 0.25) is 0 Å². The van der Waals surface area contributed by atoms with E-state index in [0.29, 0.717) is 0 Å². The van der Waals surface area contributed by atoms with Gasteiger partial charge in [-0.15, -0.1) is 0 Å². The van der Waals surface area contributed by atoms with Gasteiger partial charge in [-0.25, -0.2) is 0 Å². The Balaban J connectivity index is 3.19. The molecule has 0 amide bonds. The largest absolute Gasteiger partial charge is 0.192 e. The molecule has 0 unspecified atom stereocenters. The quantitative estimate of drug-likeness (QED) is 0.640. The summed E-state index contributed by atoms with van der Waals surface area (Å²) in [6, 6.07) is 7.86. The predicted octanol–water partition coefficient (Wildman–Crippen LogP) is 1.45. The van der Waals surface area contributed by atoms with Gasteiger partial charge in [-0.2, -0.15) is 5.26 Å². The van der Waals surface area contributed by atoms with Crippen molar-refractivity contribution in [1.29, 1.82) is 5.26 Å². The molecule has 0 aliphatic heterocycles. The summed E-state index contributed by atoms with van der Waals surface area (Å²) < 4.78 is 1.04. The molecule has 0 heterocycles. The average Bonchev–Trinajstić information content (AvgIpc) is 2.04. The van der Waals surface area contributed by atoms with Crippen molar-refractivity contribution in [3.05, 3.63) is 33.8 Å². The fourth-order valence-electron chi connectivity index (χ4n) is 0.964. The molecule has 11 heavy (non-hydrogen) atoms. The first kappa shape index (κ1) is 8.35. The summed E-state index contributed by atoms with van der Waals surface area (Å²) in [6.07, 6.45) is 0.905. The zero-order valence-corrected chi connectivity index (χ0v) is 7.85. The Kier molecular flexibility index (Phi) is 2.73. The average molecular weight is 208 g/mol. The van der Waals surface area contributed by atoms with Crippen LogP contribution < -0.4 is 0 Å². The summed E-state index contributed by atoms with van der Waals surface area (Å²) in [7, 11) is 2.04. The monoisotopic (exact) mass is 207 g/mol. The van der Waals surface area contributed by atoms with Gasteiger partial charge in [-0.3, -0.25) is 0 Å². The number of nitriles is 1. The second-order valence-electron chi connectivity index (χ2n) is 2.27. The highest BCUT2D eigenvalue weighted by Crippen LogP contribution is 2.15. The Morgan fingerprint density at radius 1 is 1.55 bits per heavy atom. The number of halogens is 1. The molecule has 0 saturated carbocycles. The van der Waals surface area contributed by atoms with E-state index in [-0.39, 0.29) is 0 Å². The van der Waals surface area contributed by atoms with Crippen molar-refractivity contribution in [1.82, 2.24) is 0 Å². The van der Waals surface area contributed by atoms with Crippen LogP contribution in [0.15, 0.2) is 22.7 Å². The van der Waals surface area contributed by atoms with Crippen molar-refractivity contribution in [3.8, 4) is 6.07 Å². The molecule has 0 radical (unpaired) electrons. The van der Waals surface area contributed by atoms with Crippen molar-refractivity contribution < 1.29 is 0 Å². The fourth-order valence-corrected chi connectivity index (χ4v) is 1.37. The van der Waals surface area contributed by atoms with E-state index in [1.165, 1.54) is 0 Å². The zero-order chi connectivity index (χ0) is 8.27. The fraction of sp³-hybridized carbons (Fsp3) is 0.125. The summed E-state index contributed by atoms with van der Waals surface area (Å²) in [5, 5.41) is 8.68. The molecule has 0 N–H and O–H groups in total. The summed E-state index contributed by atoms with van der Waals surface area (Å²) in [6.45, 7) is 0. The molecule has 54 valence electrons. The number of rotatable bonds is 1. The van der Waals surface area contributed by atoms with Crippen molar-refractivity contribution in [2.45, 2.75) is 6.32 Å². The van der Waals surface area contributed by atoms with Crippen LogP contribution in [0, 0.1) is 11.3 Å². The van der Waals surface area contributed by atoms with Crippen LogP contribution in [0.3, 0.4) is 0 Å². The molecule has 1 aromatic rings. The molecule has 0 aliphatic rings. The van der Waals surface area contributed by atoms with E-state index < -0.39 is 0 Å². The molecule has 0 spiro atoms. The molecular formula is C8H7BBrN. The van der Waals surface area contributed by atoms with Crippen molar-refractivity contribution >= 4 is 23.8 Å². The Hall–Kier alpha value is -0.745. The van der Waals surface area contributed by atoms with E-state index in [1.807, 2.05) is 26.0 Å². The molecule has 3 heteroatoms. The van der Waals surface area contributed by atoms with Crippen molar-refractivity contribution in [2.24, 2.45) is 0 Å². The number of hydrogen-bond donors (Lipinski definition) is 0. The normalized spacial score (nSPS) is 9.09. The van der Waals surface area contributed by atoms with Gasteiger partial charge >= 0.3 is 0 Å². The molecule has 1 rings (SSSR count). The van der Waals surface area contributed by atoms with Gasteiger partial charge in [-0.05, 0) is 23.8 Å². The minimum Gasteiger partial charge on any atom is -0.192 e. The Morgan fingerprint density at radius 2 is 2.27 bits per heavy atom. The molecular weight excluding hydrogens is 201 g/mol. The van der Waals surface area contributed by atoms with Crippen molar-refractivity contribution in [3.63, 3.8) is 0 Å². The van der Waals surface area contributed by atoms with Crippen LogP contribution in [-0.2, 0) is 6.32 Å². The molecule has 0 atom stereocenters. The third kappa shape index (κ3) is 1.84. The SMILES string of the molecule is BCc1cc(Br)ccc1C#N. The standard InChI is InChI=1S/C8H7BBrN/c9-4-7-3-8(10)2-1-6(7)5-11/h1-3H,4,9H2. The van der Waals surface area contributed by atoms with Crippen LogP contribution in [0.5, 0.6) is 0 Å². The maximum Gasteiger partial charge on any atom is 0.107 e. The van der Waals surface area contributed by atoms with Crippen LogP contribution in [0.4, 0.5) is 0 Å². The van der Waals surface area contributed by atoms with E-state index in [9.17, 15) is 0 Å². The topological polar surface area (TPSA) is 23.8 Å². The molecule has 1 aromatic carbocycles. The third-order valence-electron chi connectivity index (χ3n) is 1.57. The molecule has 0 saturated heterocycles. The first-order chi connectivity index (χ1) is 5.27. The lowest BCUT2D eigenvalue weighted by Gasteiger charge is -1.99. The van der Waals surface area contributed by atoms with Crippen LogP contribution >= 0.6 is 15.9 Å². The first-order valence-corrected chi connectivity index (χ1v) is 4.25. The van der Waals surface area contributed by atoms with Crippen LogP contribution in [-0.4, -0.2) is 7.85 Å². The van der Waals surface area contributed by atoms with E-state index in [2.05, 4.69) is 22.0 Å². The number of nitrogens with zero attached hydrogens (tertiary/aromatic N) is 1. The van der Waals surface area contributed by atoms with Crippen LogP contribution in [0.25, 0.3) is 0 Å². The van der Waals surface area contributed by atoms with Crippen LogP contribution in [0.1, 0.15) is 11.1 Å². The zero-order valence-electron chi connectivity index (χ0n) is 6.26. The molecule has 1 nitrogen and oxygen atoms in total. The lowest BCUT2D eigenvalue weighted by atomic mass is 9.93.